The highest BCUT2D eigenvalue weighted by Gasteiger charge is 2.22. The first-order valence-corrected chi connectivity index (χ1v) is 8.15. The normalized spacial score (nSPS) is 12.3. The Labute approximate surface area is 138 Å². The Bertz CT molecular complexity index is 813. The molecule has 0 bridgehead atoms. The van der Waals surface area contributed by atoms with Gasteiger partial charge >= 0.3 is 0 Å². The highest BCUT2D eigenvalue weighted by Crippen LogP contribution is 2.27. The quantitative estimate of drug-likeness (QED) is 0.684. The van der Waals surface area contributed by atoms with Crippen molar-refractivity contribution in [2.24, 2.45) is 0 Å². The van der Waals surface area contributed by atoms with Gasteiger partial charge in [0.05, 0.1) is 5.25 Å². The molecule has 6 heteroatoms. The van der Waals surface area contributed by atoms with Crippen molar-refractivity contribution in [3.63, 3.8) is 0 Å². The van der Waals surface area contributed by atoms with Crippen LogP contribution in [0.4, 0.5) is 5.69 Å². The number of thioether (sulfide) groups is 1. The highest BCUT2D eigenvalue weighted by atomic mass is 32.2. The van der Waals surface area contributed by atoms with Gasteiger partial charge in [-0.15, -0.1) is 0 Å². The summed E-state index contributed by atoms with van der Waals surface area (Å²) >= 11 is 1.30. The van der Waals surface area contributed by atoms with E-state index in [-0.39, 0.29) is 11.2 Å². The molecule has 0 saturated heterocycles. The molecular weight excluding hydrogens is 310 g/mol. The van der Waals surface area contributed by atoms with Gasteiger partial charge in [-0.1, -0.05) is 23.9 Å². The predicted octanol–water partition coefficient (Wildman–Crippen LogP) is 3.67. The summed E-state index contributed by atoms with van der Waals surface area (Å²) in [5.41, 5.74) is 3.18. The molecule has 0 aliphatic heterocycles. The Hall–Kier alpha value is -2.34. The summed E-state index contributed by atoms with van der Waals surface area (Å²) in [6.45, 7) is 3.85. The van der Waals surface area contributed by atoms with Gasteiger partial charge in [0.25, 0.3) is 5.22 Å². The van der Waals surface area contributed by atoms with Crippen LogP contribution in [-0.2, 0) is 4.79 Å². The number of aromatic nitrogens is 2. The van der Waals surface area contributed by atoms with Crippen LogP contribution in [0.5, 0.6) is 0 Å². The first-order valence-electron chi connectivity index (χ1n) is 7.27. The molecule has 0 spiro atoms. The zero-order valence-corrected chi connectivity index (χ0v) is 14.0. The number of nitrogens with zero attached hydrogens (tertiary/aromatic N) is 3. The first-order chi connectivity index (χ1) is 11.0. The van der Waals surface area contributed by atoms with Crippen LogP contribution in [-0.4, -0.2) is 28.2 Å². The zero-order valence-electron chi connectivity index (χ0n) is 13.2. The van der Waals surface area contributed by atoms with E-state index in [2.05, 4.69) is 9.97 Å². The maximum atomic E-state index is 12.6. The molecular formula is C17H17N3O2S. The molecule has 0 aliphatic rings. The number of fused-ring (bicyclic) bond motifs is 1. The Morgan fingerprint density at radius 2 is 2.13 bits per heavy atom. The van der Waals surface area contributed by atoms with Crippen LogP contribution in [0.1, 0.15) is 12.5 Å². The molecule has 0 fully saturated rings. The third kappa shape index (κ3) is 3.37. The van der Waals surface area contributed by atoms with Gasteiger partial charge in [0, 0.05) is 18.9 Å². The van der Waals surface area contributed by atoms with Crippen LogP contribution in [0.3, 0.4) is 0 Å². The molecule has 2 aromatic heterocycles. The summed E-state index contributed by atoms with van der Waals surface area (Å²) in [6, 6.07) is 11.5. The SMILES string of the molecule is Cc1cccc(N(C)C(=O)[C@@H](C)Sc2nc3ncccc3o2)c1. The number of pyridine rings is 1. The minimum atomic E-state index is -0.312. The molecule has 2 heterocycles. The number of rotatable bonds is 4. The minimum absolute atomic E-state index is 0.00387. The fraction of sp³-hybridized carbons (Fsp3) is 0.235. The molecule has 0 radical (unpaired) electrons. The molecule has 3 aromatic rings. The molecule has 1 atom stereocenters. The van der Waals surface area contributed by atoms with Crippen molar-refractivity contribution < 1.29 is 9.21 Å². The van der Waals surface area contributed by atoms with E-state index in [1.165, 1.54) is 11.8 Å². The van der Waals surface area contributed by atoms with E-state index >= 15 is 0 Å². The second-order valence-corrected chi connectivity index (χ2v) is 6.59. The fourth-order valence-corrected chi connectivity index (χ4v) is 3.08. The number of anilines is 1. The van der Waals surface area contributed by atoms with Crippen molar-refractivity contribution in [2.45, 2.75) is 24.3 Å². The van der Waals surface area contributed by atoms with Crippen LogP contribution in [0.15, 0.2) is 52.2 Å². The lowest BCUT2D eigenvalue weighted by Crippen LogP contribution is -2.33. The van der Waals surface area contributed by atoms with Gasteiger partial charge in [-0.2, -0.15) is 4.98 Å². The number of carbonyl (C=O) groups is 1. The van der Waals surface area contributed by atoms with Crippen molar-refractivity contribution in [3.8, 4) is 0 Å². The molecule has 118 valence electrons. The smallest absolute Gasteiger partial charge is 0.259 e. The van der Waals surface area contributed by atoms with Gasteiger partial charge in [0.15, 0.2) is 11.2 Å². The number of carbonyl (C=O) groups excluding carboxylic acids is 1. The largest absolute Gasteiger partial charge is 0.430 e. The third-order valence-corrected chi connectivity index (χ3v) is 4.42. The van der Waals surface area contributed by atoms with E-state index in [9.17, 15) is 4.79 Å². The average molecular weight is 327 g/mol. The van der Waals surface area contributed by atoms with Crippen molar-refractivity contribution in [1.82, 2.24) is 9.97 Å². The number of hydrogen-bond acceptors (Lipinski definition) is 5. The van der Waals surface area contributed by atoms with E-state index in [1.807, 2.05) is 44.2 Å². The van der Waals surface area contributed by atoms with Crippen molar-refractivity contribution >= 4 is 34.6 Å². The van der Waals surface area contributed by atoms with Crippen molar-refractivity contribution in [2.75, 3.05) is 11.9 Å². The van der Waals surface area contributed by atoms with E-state index < -0.39 is 0 Å². The van der Waals surface area contributed by atoms with Gasteiger partial charge in [0.1, 0.15) is 0 Å². The summed E-state index contributed by atoms with van der Waals surface area (Å²) in [6.07, 6.45) is 1.67. The van der Waals surface area contributed by atoms with E-state index in [0.717, 1.165) is 11.3 Å². The van der Waals surface area contributed by atoms with E-state index in [4.69, 9.17) is 4.42 Å². The van der Waals surface area contributed by atoms with Crippen molar-refractivity contribution in [1.29, 1.82) is 0 Å². The van der Waals surface area contributed by atoms with Crippen LogP contribution in [0, 0.1) is 6.92 Å². The molecule has 0 saturated carbocycles. The maximum Gasteiger partial charge on any atom is 0.259 e. The summed E-state index contributed by atoms with van der Waals surface area (Å²) in [5.74, 6) is -0.00387. The van der Waals surface area contributed by atoms with Crippen molar-refractivity contribution in [3.05, 3.63) is 48.2 Å². The summed E-state index contributed by atoms with van der Waals surface area (Å²) < 4.78 is 5.61. The summed E-state index contributed by atoms with van der Waals surface area (Å²) in [4.78, 5) is 22.7. The Kier molecular flexibility index (Phi) is 4.34. The van der Waals surface area contributed by atoms with Gasteiger partial charge in [-0.05, 0) is 43.7 Å². The first kappa shape index (κ1) is 15.6. The fourth-order valence-electron chi connectivity index (χ4n) is 2.24. The van der Waals surface area contributed by atoms with E-state index in [1.54, 1.807) is 24.2 Å². The standard InChI is InChI=1S/C17H17N3O2S/c1-11-6-4-7-13(10-11)20(3)16(21)12(2)23-17-19-15-14(22-17)8-5-9-18-15/h4-10,12H,1-3H3/t12-/m1/s1. The molecule has 3 rings (SSSR count). The third-order valence-electron chi connectivity index (χ3n) is 3.49. The second kappa shape index (κ2) is 6.42. The van der Waals surface area contributed by atoms with Gasteiger partial charge < -0.3 is 9.32 Å². The number of aryl methyl sites for hydroxylation is 1. The monoisotopic (exact) mass is 327 g/mol. The van der Waals surface area contributed by atoms with E-state index in [0.29, 0.717) is 16.5 Å². The Morgan fingerprint density at radius 3 is 2.87 bits per heavy atom. The lowest BCUT2D eigenvalue weighted by Gasteiger charge is -2.20. The van der Waals surface area contributed by atoms with Crippen LogP contribution >= 0.6 is 11.8 Å². The van der Waals surface area contributed by atoms with Gasteiger partial charge in [-0.3, -0.25) is 4.79 Å². The molecule has 1 amide bonds. The molecule has 0 N–H and O–H groups in total. The minimum Gasteiger partial charge on any atom is -0.430 e. The Balaban J connectivity index is 1.74. The van der Waals surface area contributed by atoms with Gasteiger partial charge in [0.2, 0.25) is 5.91 Å². The molecule has 0 aliphatic carbocycles. The predicted molar refractivity (Wildman–Crippen MR) is 91.7 cm³/mol. The molecule has 1 aromatic carbocycles. The number of amides is 1. The maximum absolute atomic E-state index is 12.6. The number of oxazole rings is 1. The van der Waals surface area contributed by atoms with Crippen LogP contribution < -0.4 is 4.90 Å². The zero-order chi connectivity index (χ0) is 16.4. The number of benzene rings is 1. The highest BCUT2D eigenvalue weighted by molar-refractivity contribution is 8.00. The summed E-state index contributed by atoms with van der Waals surface area (Å²) in [7, 11) is 1.78. The lowest BCUT2D eigenvalue weighted by atomic mass is 10.2. The van der Waals surface area contributed by atoms with Crippen LogP contribution in [0.2, 0.25) is 0 Å². The molecule has 0 unspecified atom stereocenters. The molecule has 23 heavy (non-hydrogen) atoms. The topological polar surface area (TPSA) is 59.2 Å². The summed E-state index contributed by atoms with van der Waals surface area (Å²) in [5, 5.41) is 0.144. The number of hydrogen-bond donors (Lipinski definition) is 0. The van der Waals surface area contributed by atoms with Gasteiger partial charge in [-0.25, -0.2) is 4.98 Å². The van der Waals surface area contributed by atoms with Crippen LogP contribution in [0.25, 0.3) is 11.2 Å². The lowest BCUT2D eigenvalue weighted by molar-refractivity contribution is -0.117. The second-order valence-electron chi connectivity index (χ2n) is 5.30. The molecule has 5 nitrogen and oxygen atoms in total. The Morgan fingerprint density at radius 1 is 1.30 bits per heavy atom. The average Bonchev–Trinajstić information content (AvgIpc) is 2.95.